The topological polar surface area (TPSA) is 20.2 Å². The highest BCUT2D eigenvalue weighted by Gasteiger charge is 2.31. The van der Waals surface area contributed by atoms with Crippen molar-refractivity contribution in [3.63, 3.8) is 0 Å². The first-order valence-corrected chi connectivity index (χ1v) is 6.58. The third-order valence-electron chi connectivity index (χ3n) is 3.46. The van der Waals surface area contributed by atoms with Gasteiger partial charge in [-0.2, -0.15) is 26.3 Å². The van der Waals surface area contributed by atoms with E-state index in [2.05, 4.69) is 0 Å². The van der Waals surface area contributed by atoms with Crippen LogP contribution in [0, 0.1) is 0 Å². The van der Waals surface area contributed by atoms with Crippen LogP contribution < -0.4 is 0 Å². The maximum absolute atomic E-state index is 12.5. The number of benzene rings is 2. The number of aliphatic hydroxyl groups is 1. The number of rotatable bonds is 3. The lowest BCUT2D eigenvalue weighted by Gasteiger charge is -2.17. The minimum atomic E-state index is -4.47. The van der Waals surface area contributed by atoms with Gasteiger partial charge >= 0.3 is 12.4 Å². The molecule has 0 aliphatic heterocycles. The van der Waals surface area contributed by atoms with E-state index in [9.17, 15) is 31.4 Å². The van der Waals surface area contributed by atoms with E-state index in [1.54, 1.807) is 0 Å². The molecule has 0 saturated carbocycles. The Balaban J connectivity index is 2.29. The van der Waals surface area contributed by atoms with Crippen LogP contribution in [0.5, 0.6) is 0 Å². The summed E-state index contributed by atoms with van der Waals surface area (Å²) in [6.45, 7) is -0.434. The third kappa shape index (κ3) is 4.04. The van der Waals surface area contributed by atoms with E-state index in [0.29, 0.717) is 11.1 Å². The first kappa shape index (κ1) is 17.3. The van der Waals surface area contributed by atoms with Gasteiger partial charge in [-0.25, -0.2) is 0 Å². The molecule has 7 heteroatoms. The van der Waals surface area contributed by atoms with Crippen LogP contribution >= 0.6 is 0 Å². The van der Waals surface area contributed by atoms with Gasteiger partial charge in [-0.3, -0.25) is 0 Å². The predicted molar refractivity (Wildman–Crippen MR) is 71.8 cm³/mol. The van der Waals surface area contributed by atoms with E-state index < -0.39 is 36.0 Å². The zero-order valence-corrected chi connectivity index (χ0v) is 11.6. The van der Waals surface area contributed by atoms with Gasteiger partial charge in [0.25, 0.3) is 0 Å². The molecule has 0 amide bonds. The summed E-state index contributed by atoms with van der Waals surface area (Å²) in [6, 6.07) is 8.35. The van der Waals surface area contributed by atoms with Crippen molar-refractivity contribution >= 4 is 0 Å². The van der Waals surface area contributed by atoms with Crippen molar-refractivity contribution in [2.45, 2.75) is 18.3 Å². The summed E-state index contributed by atoms with van der Waals surface area (Å²) in [5.74, 6) is -0.695. The van der Waals surface area contributed by atoms with E-state index >= 15 is 0 Å². The van der Waals surface area contributed by atoms with Crippen molar-refractivity contribution in [3.8, 4) is 0 Å². The number of aliphatic hydroxyl groups excluding tert-OH is 1. The van der Waals surface area contributed by atoms with Crippen molar-refractivity contribution < 1.29 is 31.4 Å². The molecule has 1 nitrogen and oxygen atoms in total. The smallest absolute Gasteiger partial charge is 0.395 e. The van der Waals surface area contributed by atoms with Crippen molar-refractivity contribution in [1.82, 2.24) is 0 Å². The summed E-state index contributed by atoms with van der Waals surface area (Å²) in [7, 11) is 0. The lowest BCUT2D eigenvalue weighted by molar-refractivity contribution is -0.138. The first-order chi connectivity index (χ1) is 10.6. The zero-order valence-electron chi connectivity index (χ0n) is 11.6. The quantitative estimate of drug-likeness (QED) is 0.796. The van der Waals surface area contributed by atoms with Crippen LogP contribution in [-0.4, -0.2) is 11.7 Å². The number of halogens is 6. The van der Waals surface area contributed by atoms with Gasteiger partial charge in [-0.1, -0.05) is 24.3 Å². The number of hydrogen-bond acceptors (Lipinski definition) is 1. The van der Waals surface area contributed by atoms with Crippen molar-refractivity contribution in [2.75, 3.05) is 6.61 Å². The van der Waals surface area contributed by atoms with E-state index in [1.807, 2.05) is 0 Å². The molecule has 0 spiro atoms. The maximum Gasteiger partial charge on any atom is 0.416 e. The molecule has 124 valence electrons. The van der Waals surface area contributed by atoms with Gasteiger partial charge in [0.2, 0.25) is 0 Å². The second-order valence-corrected chi connectivity index (χ2v) is 4.97. The fourth-order valence-corrected chi connectivity index (χ4v) is 2.21. The van der Waals surface area contributed by atoms with Crippen LogP contribution in [0.15, 0.2) is 48.5 Å². The summed E-state index contributed by atoms with van der Waals surface area (Å²) >= 11 is 0. The highest BCUT2D eigenvalue weighted by molar-refractivity contribution is 5.36. The van der Waals surface area contributed by atoms with Gasteiger partial charge in [0, 0.05) is 5.92 Å². The molecule has 0 unspecified atom stereocenters. The van der Waals surface area contributed by atoms with Gasteiger partial charge in [0.05, 0.1) is 17.7 Å². The maximum atomic E-state index is 12.5. The summed E-state index contributed by atoms with van der Waals surface area (Å²) in [5, 5.41) is 9.45. The Morgan fingerprint density at radius 3 is 1.17 bits per heavy atom. The summed E-state index contributed by atoms with van der Waals surface area (Å²) in [5.41, 5.74) is -0.878. The average Bonchev–Trinajstić information content (AvgIpc) is 2.47. The standard InChI is InChI=1S/C16H12F6O/c17-15(18,19)12-5-1-10(2-6-12)14(9-23)11-3-7-13(8-4-11)16(20,21)22/h1-8,14,23H,9H2. The molecule has 0 radical (unpaired) electrons. The first-order valence-electron chi connectivity index (χ1n) is 6.58. The molecular formula is C16H12F6O. The third-order valence-corrected chi connectivity index (χ3v) is 3.46. The Bertz CT molecular complexity index is 583. The molecule has 0 atom stereocenters. The lowest BCUT2D eigenvalue weighted by atomic mass is 9.91. The van der Waals surface area contributed by atoms with Gasteiger partial charge in [0.15, 0.2) is 0 Å². The average molecular weight is 334 g/mol. The van der Waals surface area contributed by atoms with E-state index in [4.69, 9.17) is 0 Å². The van der Waals surface area contributed by atoms with Crippen LogP contribution in [-0.2, 0) is 12.4 Å². The Morgan fingerprint density at radius 2 is 0.957 bits per heavy atom. The van der Waals surface area contributed by atoms with Crippen LogP contribution in [0.25, 0.3) is 0 Å². The molecule has 0 bridgehead atoms. The molecule has 0 fully saturated rings. The fourth-order valence-electron chi connectivity index (χ4n) is 2.21. The SMILES string of the molecule is OCC(c1ccc(C(F)(F)F)cc1)c1ccc(C(F)(F)F)cc1. The molecule has 0 aliphatic rings. The molecule has 2 aromatic carbocycles. The second kappa shape index (κ2) is 6.23. The molecule has 2 rings (SSSR count). The van der Waals surface area contributed by atoms with Gasteiger partial charge in [-0.15, -0.1) is 0 Å². The summed E-state index contributed by atoms with van der Waals surface area (Å²) < 4.78 is 75.2. The molecule has 0 aromatic heterocycles. The predicted octanol–water partition coefficient (Wildman–Crippen LogP) is 4.85. The zero-order chi connectivity index (χ0) is 17.3. The van der Waals surface area contributed by atoms with E-state index in [1.165, 1.54) is 24.3 Å². The normalized spacial score (nSPS) is 12.7. The molecule has 2 aromatic rings. The molecule has 1 N–H and O–H groups in total. The van der Waals surface area contributed by atoms with Crippen molar-refractivity contribution in [2.24, 2.45) is 0 Å². The fraction of sp³-hybridized carbons (Fsp3) is 0.250. The number of hydrogen-bond donors (Lipinski definition) is 1. The van der Waals surface area contributed by atoms with Crippen molar-refractivity contribution in [3.05, 3.63) is 70.8 Å². The largest absolute Gasteiger partial charge is 0.416 e. The van der Waals surface area contributed by atoms with Gasteiger partial charge < -0.3 is 5.11 Å². The molecule has 0 aliphatic carbocycles. The Labute approximate surface area is 128 Å². The molecular weight excluding hydrogens is 322 g/mol. The minimum Gasteiger partial charge on any atom is -0.395 e. The van der Waals surface area contributed by atoms with E-state index in [-0.39, 0.29) is 0 Å². The highest BCUT2D eigenvalue weighted by Crippen LogP contribution is 2.33. The van der Waals surface area contributed by atoms with Crippen LogP contribution in [0.1, 0.15) is 28.2 Å². The van der Waals surface area contributed by atoms with Crippen LogP contribution in [0.3, 0.4) is 0 Å². The molecule has 0 heterocycles. The van der Waals surface area contributed by atoms with Crippen LogP contribution in [0.2, 0.25) is 0 Å². The molecule has 0 saturated heterocycles. The summed E-state index contributed by atoms with van der Waals surface area (Å²) in [6.07, 6.45) is -8.94. The summed E-state index contributed by atoms with van der Waals surface area (Å²) in [4.78, 5) is 0. The van der Waals surface area contributed by atoms with Gasteiger partial charge in [-0.05, 0) is 35.4 Å². The molecule has 23 heavy (non-hydrogen) atoms. The van der Waals surface area contributed by atoms with Gasteiger partial charge in [0.1, 0.15) is 0 Å². The second-order valence-electron chi connectivity index (χ2n) is 4.97. The highest BCUT2D eigenvalue weighted by atomic mass is 19.4. The van der Waals surface area contributed by atoms with Crippen LogP contribution in [0.4, 0.5) is 26.3 Å². The van der Waals surface area contributed by atoms with E-state index in [0.717, 1.165) is 24.3 Å². The van der Waals surface area contributed by atoms with Crippen molar-refractivity contribution in [1.29, 1.82) is 0 Å². The minimum absolute atomic E-state index is 0.389. The number of alkyl halides is 6. The Kier molecular flexibility index (Phi) is 4.70. The Morgan fingerprint density at radius 1 is 0.652 bits per heavy atom. The Hall–Kier alpha value is -2.02. The monoisotopic (exact) mass is 334 g/mol. The lowest BCUT2D eigenvalue weighted by Crippen LogP contribution is -2.10.